The van der Waals surface area contributed by atoms with Gasteiger partial charge in [0, 0.05) is 54.9 Å². The van der Waals surface area contributed by atoms with Crippen LogP contribution in [0.25, 0.3) is 105 Å². The Balaban J connectivity index is 1.20. The van der Waals surface area contributed by atoms with Crippen LogP contribution in [0.3, 0.4) is 0 Å². The number of fused-ring (bicyclic) bond motifs is 9. The van der Waals surface area contributed by atoms with Crippen molar-refractivity contribution in [2.75, 3.05) is 0 Å². The SMILES string of the molecule is c1ccc(-c2ccc3c4ccccc4n(-c4ccccc4)c3c2-c2cccc3c2c2ccccc2n3-c2ccc3c(c2)c2ccccc2n3-c2ccccc2)cc1. The summed E-state index contributed by atoms with van der Waals surface area (Å²) in [6.07, 6.45) is 0. The molecule has 57 heavy (non-hydrogen) atoms. The monoisotopic (exact) mass is 725 g/mol. The molecule has 0 saturated heterocycles. The summed E-state index contributed by atoms with van der Waals surface area (Å²) in [5, 5.41) is 7.44. The molecule has 0 aliphatic heterocycles. The Labute approximate surface area is 329 Å². The number of benzene rings is 9. The van der Waals surface area contributed by atoms with Gasteiger partial charge in [0.15, 0.2) is 0 Å². The Morgan fingerprint density at radius 1 is 0.263 bits per heavy atom. The van der Waals surface area contributed by atoms with Gasteiger partial charge < -0.3 is 13.7 Å². The summed E-state index contributed by atoms with van der Waals surface area (Å²) < 4.78 is 7.33. The largest absolute Gasteiger partial charge is 0.309 e. The average molecular weight is 726 g/mol. The molecule has 3 nitrogen and oxygen atoms in total. The lowest BCUT2D eigenvalue weighted by atomic mass is 9.89. The van der Waals surface area contributed by atoms with Crippen LogP contribution in [0, 0.1) is 0 Å². The molecule has 0 aliphatic rings. The summed E-state index contributed by atoms with van der Waals surface area (Å²) in [5.41, 5.74) is 15.5. The predicted molar refractivity (Wildman–Crippen MR) is 240 cm³/mol. The number of aromatic nitrogens is 3. The molecular formula is C54H35N3. The Bertz CT molecular complexity index is 3500. The second-order valence-electron chi connectivity index (χ2n) is 14.9. The number of hydrogen-bond acceptors (Lipinski definition) is 0. The van der Waals surface area contributed by atoms with Crippen LogP contribution in [0.15, 0.2) is 212 Å². The predicted octanol–water partition coefficient (Wildman–Crippen LogP) is 14.3. The summed E-state index contributed by atoms with van der Waals surface area (Å²) >= 11 is 0. The molecule has 0 N–H and O–H groups in total. The van der Waals surface area contributed by atoms with Crippen LogP contribution >= 0.6 is 0 Å². The van der Waals surface area contributed by atoms with E-state index in [0.29, 0.717) is 0 Å². The molecule has 0 bridgehead atoms. The minimum atomic E-state index is 1.14. The smallest absolute Gasteiger partial charge is 0.0625 e. The van der Waals surface area contributed by atoms with E-state index in [9.17, 15) is 0 Å². The molecule has 0 fully saturated rings. The number of para-hydroxylation sites is 5. The maximum Gasteiger partial charge on any atom is 0.0625 e. The highest BCUT2D eigenvalue weighted by Gasteiger charge is 2.24. The van der Waals surface area contributed by atoms with Crippen LogP contribution in [0.1, 0.15) is 0 Å². The highest BCUT2D eigenvalue weighted by Crippen LogP contribution is 2.48. The van der Waals surface area contributed by atoms with Crippen LogP contribution in [0.5, 0.6) is 0 Å². The summed E-state index contributed by atoms with van der Waals surface area (Å²) in [5.74, 6) is 0. The second-order valence-corrected chi connectivity index (χ2v) is 14.9. The fraction of sp³-hybridized carbons (Fsp3) is 0. The molecular weight excluding hydrogens is 691 g/mol. The topological polar surface area (TPSA) is 14.8 Å². The van der Waals surface area contributed by atoms with Gasteiger partial charge in [-0.2, -0.15) is 0 Å². The molecule has 266 valence electrons. The van der Waals surface area contributed by atoms with E-state index in [1.165, 1.54) is 87.7 Å². The third-order valence-electron chi connectivity index (χ3n) is 11.8. The van der Waals surface area contributed by atoms with Gasteiger partial charge in [0.1, 0.15) is 0 Å². The van der Waals surface area contributed by atoms with Gasteiger partial charge in [-0.25, -0.2) is 0 Å². The van der Waals surface area contributed by atoms with E-state index in [2.05, 4.69) is 226 Å². The summed E-state index contributed by atoms with van der Waals surface area (Å²) in [7, 11) is 0. The first-order valence-corrected chi connectivity index (χ1v) is 19.6. The lowest BCUT2D eigenvalue weighted by Gasteiger charge is -2.17. The maximum absolute atomic E-state index is 2.47. The van der Waals surface area contributed by atoms with Crippen LogP contribution < -0.4 is 0 Å². The van der Waals surface area contributed by atoms with Crippen LogP contribution in [0.2, 0.25) is 0 Å². The summed E-state index contributed by atoms with van der Waals surface area (Å²) in [6, 6.07) is 77.4. The van der Waals surface area contributed by atoms with Crippen molar-refractivity contribution in [3.63, 3.8) is 0 Å². The standard InChI is InChI=1S/C54H35N3/c1-4-17-36(18-5-1)40-32-33-43-41-23-10-14-28-48(41)57(38-21-8-3-9-22-38)54(43)53(40)45-26-16-30-51-52(45)44-25-12-15-29-49(44)56(51)39-31-34-50-46(35-39)42-24-11-13-27-47(42)55(50)37-19-6-2-7-20-37/h1-35H. The van der Waals surface area contributed by atoms with E-state index in [-0.39, 0.29) is 0 Å². The molecule has 0 radical (unpaired) electrons. The molecule has 0 saturated carbocycles. The van der Waals surface area contributed by atoms with E-state index < -0.39 is 0 Å². The Morgan fingerprint density at radius 3 is 1.47 bits per heavy atom. The fourth-order valence-corrected chi connectivity index (χ4v) is 9.49. The van der Waals surface area contributed by atoms with Crippen molar-refractivity contribution in [1.82, 2.24) is 13.7 Å². The third-order valence-corrected chi connectivity index (χ3v) is 11.8. The Morgan fingerprint density at radius 2 is 0.772 bits per heavy atom. The van der Waals surface area contributed by atoms with E-state index in [1.54, 1.807) is 0 Å². The molecule has 12 rings (SSSR count). The lowest BCUT2D eigenvalue weighted by molar-refractivity contribution is 1.16. The fourth-order valence-electron chi connectivity index (χ4n) is 9.49. The molecule has 9 aromatic carbocycles. The molecule has 12 aromatic rings. The maximum atomic E-state index is 2.47. The number of nitrogens with zero attached hydrogens (tertiary/aromatic N) is 3. The number of hydrogen-bond donors (Lipinski definition) is 0. The van der Waals surface area contributed by atoms with Crippen molar-refractivity contribution in [1.29, 1.82) is 0 Å². The van der Waals surface area contributed by atoms with Crippen LogP contribution in [-0.4, -0.2) is 13.7 Å². The van der Waals surface area contributed by atoms with Crippen molar-refractivity contribution in [2.24, 2.45) is 0 Å². The van der Waals surface area contributed by atoms with Gasteiger partial charge in [0.2, 0.25) is 0 Å². The quantitative estimate of drug-likeness (QED) is 0.168. The minimum Gasteiger partial charge on any atom is -0.309 e. The lowest BCUT2D eigenvalue weighted by Crippen LogP contribution is -1.97. The summed E-state index contributed by atoms with van der Waals surface area (Å²) in [6.45, 7) is 0. The van der Waals surface area contributed by atoms with Gasteiger partial charge in [0.05, 0.1) is 33.1 Å². The molecule has 0 aliphatic carbocycles. The molecule has 3 aromatic heterocycles. The molecule has 0 amide bonds. The van der Waals surface area contributed by atoms with E-state index in [4.69, 9.17) is 0 Å². The van der Waals surface area contributed by atoms with Crippen LogP contribution in [-0.2, 0) is 0 Å². The van der Waals surface area contributed by atoms with Gasteiger partial charge in [0.25, 0.3) is 0 Å². The molecule has 0 unspecified atom stereocenters. The van der Waals surface area contributed by atoms with Crippen molar-refractivity contribution in [2.45, 2.75) is 0 Å². The second kappa shape index (κ2) is 12.5. The minimum absolute atomic E-state index is 1.14. The molecule has 3 heteroatoms. The number of rotatable bonds is 5. The summed E-state index contributed by atoms with van der Waals surface area (Å²) in [4.78, 5) is 0. The van der Waals surface area contributed by atoms with Crippen molar-refractivity contribution in [3.05, 3.63) is 212 Å². The molecule has 0 atom stereocenters. The average Bonchev–Trinajstić information content (AvgIpc) is 3.93. The van der Waals surface area contributed by atoms with Crippen LogP contribution in [0.4, 0.5) is 0 Å². The highest BCUT2D eigenvalue weighted by molar-refractivity contribution is 6.23. The zero-order chi connectivity index (χ0) is 37.5. The van der Waals surface area contributed by atoms with Gasteiger partial charge in [-0.15, -0.1) is 0 Å². The Hall–Kier alpha value is -7.62. The van der Waals surface area contributed by atoms with Gasteiger partial charge in [-0.05, 0) is 83.4 Å². The van der Waals surface area contributed by atoms with E-state index in [0.717, 1.165) is 17.1 Å². The van der Waals surface area contributed by atoms with Gasteiger partial charge in [-0.3, -0.25) is 0 Å². The Kier molecular flexibility index (Phi) is 6.93. The van der Waals surface area contributed by atoms with Gasteiger partial charge in [-0.1, -0.05) is 146 Å². The first-order chi connectivity index (χ1) is 28.3. The molecule has 0 spiro atoms. The van der Waals surface area contributed by atoms with Crippen molar-refractivity contribution < 1.29 is 0 Å². The van der Waals surface area contributed by atoms with E-state index in [1.807, 2.05) is 0 Å². The van der Waals surface area contributed by atoms with Crippen molar-refractivity contribution in [3.8, 4) is 39.3 Å². The highest BCUT2D eigenvalue weighted by atomic mass is 15.0. The normalized spacial score (nSPS) is 11.9. The first-order valence-electron chi connectivity index (χ1n) is 19.6. The first kappa shape index (κ1) is 31.7. The zero-order valence-corrected chi connectivity index (χ0v) is 31.0. The zero-order valence-electron chi connectivity index (χ0n) is 31.0. The van der Waals surface area contributed by atoms with Crippen molar-refractivity contribution >= 4 is 65.4 Å². The third kappa shape index (κ3) is 4.66. The van der Waals surface area contributed by atoms with E-state index >= 15 is 0 Å². The molecule has 3 heterocycles. The van der Waals surface area contributed by atoms with Gasteiger partial charge >= 0.3 is 0 Å².